The van der Waals surface area contributed by atoms with E-state index in [0.29, 0.717) is 18.2 Å². The van der Waals surface area contributed by atoms with Gasteiger partial charge in [-0.05, 0) is 42.7 Å². The molecule has 31 heavy (non-hydrogen) atoms. The highest BCUT2D eigenvalue weighted by Crippen LogP contribution is 2.33. The number of para-hydroxylation sites is 1. The molecule has 6 heteroatoms. The first-order valence-electron chi connectivity index (χ1n) is 11.0. The number of pyridine rings is 1. The van der Waals surface area contributed by atoms with Crippen molar-refractivity contribution in [2.75, 3.05) is 31.1 Å². The second-order valence-electron chi connectivity index (χ2n) is 8.50. The van der Waals surface area contributed by atoms with Gasteiger partial charge in [-0.1, -0.05) is 24.3 Å². The molecular weight excluding hydrogens is 388 g/mol. The Balaban J connectivity index is 1.23. The van der Waals surface area contributed by atoms with E-state index in [1.807, 2.05) is 23.2 Å². The number of aromatic nitrogens is 1. The lowest BCUT2D eigenvalue weighted by Crippen LogP contribution is -2.48. The molecule has 6 nitrogen and oxygen atoms in total. The Morgan fingerprint density at radius 1 is 1.06 bits per heavy atom. The van der Waals surface area contributed by atoms with Crippen molar-refractivity contribution < 1.29 is 9.21 Å². The normalized spacial score (nSPS) is 18.9. The molecule has 3 aromatic rings. The SMILES string of the molecule is CC1Cc2ccccc2N1Cc1occc1C(=O)N1CCN(Cc2cccnc2)CC1. The average molecular weight is 417 g/mol. The molecule has 1 fully saturated rings. The van der Waals surface area contributed by atoms with Gasteiger partial charge in [-0.3, -0.25) is 14.7 Å². The zero-order chi connectivity index (χ0) is 21.2. The van der Waals surface area contributed by atoms with E-state index in [4.69, 9.17) is 4.42 Å². The third-order valence-electron chi connectivity index (χ3n) is 6.43. The standard InChI is InChI=1S/C25H28N4O2/c1-19-15-21-6-2-3-7-23(21)29(19)18-24-22(8-14-31-24)25(30)28-12-10-27(11-13-28)17-20-5-4-9-26-16-20/h2-9,14,16,19H,10-13,15,17-18H2,1H3. The number of fused-ring (bicyclic) bond motifs is 1. The Kier molecular flexibility index (Phi) is 5.47. The van der Waals surface area contributed by atoms with E-state index in [9.17, 15) is 4.79 Å². The summed E-state index contributed by atoms with van der Waals surface area (Å²) in [6.45, 7) is 6.91. The highest BCUT2D eigenvalue weighted by Gasteiger charge is 2.30. The van der Waals surface area contributed by atoms with Crippen molar-refractivity contribution in [1.82, 2.24) is 14.8 Å². The number of nitrogens with zero attached hydrogens (tertiary/aromatic N) is 4. The van der Waals surface area contributed by atoms with Crippen LogP contribution in [0.3, 0.4) is 0 Å². The third kappa shape index (κ3) is 4.08. The molecule has 2 aliphatic heterocycles. The summed E-state index contributed by atoms with van der Waals surface area (Å²) < 4.78 is 5.80. The van der Waals surface area contributed by atoms with Crippen molar-refractivity contribution >= 4 is 11.6 Å². The first-order valence-corrected chi connectivity index (χ1v) is 11.0. The summed E-state index contributed by atoms with van der Waals surface area (Å²) in [6.07, 6.45) is 6.38. The number of carbonyl (C=O) groups is 1. The first-order chi connectivity index (χ1) is 15.2. The van der Waals surface area contributed by atoms with Crippen LogP contribution in [-0.2, 0) is 19.5 Å². The van der Waals surface area contributed by atoms with Crippen molar-refractivity contribution in [1.29, 1.82) is 0 Å². The van der Waals surface area contributed by atoms with Crippen molar-refractivity contribution in [2.24, 2.45) is 0 Å². The van der Waals surface area contributed by atoms with E-state index >= 15 is 0 Å². The van der Waals surface area contributed by atoms with Gasteiger partial charge in [0.25, 0.3) is 5.91 Å². The maximum atomic E-state index is 13.3. The van der Waals surface area contributed by atoms with Crippen molar-refractivity contribution in [3.8, 4) is 0 Å². The number of amides is 1. The number of piperazine rings is 1. The number of carbonyl (C=O) groups excluding carboxylic acids is 1. The van der Waals surface area contributed by atoms with Gasteiger partial charge in [0.15, 0.2) is 0 Å². The van der Waals surface area contributed by atoms with Crippen LogP contribution >= 0.6 is 0 Å². The smallest absolute Gasteiger partial charge is 0.257 e. The van der Waals surface area contributed by atoms with Crippen LogP contribution in [0, 0.1) is 0 Å². The van der Waals surface area contributed by atoms with Crippen LogP contribution in [0.1, 0.15) is 34.2 Å². The maximum Gasteiger partial charge on any atom is 0.257 e. The summed E-state index contributed by atoms with van der Waals surface area (Å²) >= 11 is 0. The maximum absolute atomic E-state index is 13.3. The lowest BCUT2D eigenvalue weighted by Gasteiger charge is -2.34. The van der Waals surface area contributed by atoms with Gasteiger partial charge in [0, 0.05) is 56.8 Å². The summed E-state index contributed by atoms with van der Waals surface area (Å²) in [7, 11) is 0. The van der Waals surface area contributed by atoms with E-state index in [1.54, 1.807) is 12.5 Å². The number of rotatable bonds is 5. The van der Waals surface area contributed by atoms with Gasteiger partial charge in [-0.15, -0.1) is 0 Å². The van der Waals surface area contributed by atoms with Crippen molar-refractivity contribution in [2.45, 2.75) is 32.5 Å². The minimum Gasteiger partial charge on any atom is -0.467 e. The summed E-state index contributed by atoms with van der Waals surface area (Å²) in [4.78, 5) is 24.1. The molecule has 160 valence electrons. The fourth-order valence-corrected chi connectivity index (χ4v) is 4.71. The van der Waals surface area contributed by atoms with Crippen LogP contribution in [-0.4, -0.2) is 52.9 Å². The molecule has 0 bridgehead atoms. The Bertz CT molecular complexity index is 1040. The molecule has 1 atom stereocenters. The minimum absolute atomic E-state index is 0.0740. The highest BCUT2D eigenvalue weighted by molar-refractivity contribution is 5.95. The van der Waals surface area contributed by atoms with Crippen LogP contribution in [0.25, 0.3) is 0 Å². The largest absolute Gasteiger partial charge is 0.467 e. The second kappa shape index (κ2) is 8.55. The van der Waals surface area contributed by atoms with E-state index in [2.05, 4.69) is 52.0 Å². The molecule has 4 heterocycles. The van der Waals surface area contributed by atoms with Gasteiger partial charge in [0.05, 0.1) is 18.4 Å². The monoisotopic (exact) mass is 416 g/mol. The summed E-state index contributed by atoms with van der Waals surface area (Å²) in [5, 5.41) is 0. The van der Waals surface area contributed by atoms with Gasteiger partial charge in [0.1, 0.15) is 5.76 Å². The molecule has 0 aliphatic carbocycles. The summed E-state index contributed by atoms with van der Waals surface area (Å²) in [5.41, 5.74) is 4.50. The molecule has 1 unspecified atom stereocenters. The molecular formula is C25H28N4O2. The highest BCUT2D eigenvalue weighted by atomic mass is 16.3. The minimum atomic E-state index is 0.0740. The molecule has 2 aliphatic rings. The summed E-state index contributed by atoms with van der Waals surface area (Å²) in [6, 6.07) is 14.8. The Hall–Kier alpha value is -3.12. The lowest BCUT2D eigenvalue weighted by molar-refractivity contribution is 0.0626. The quantitative estimate of drug-likeness (QED) is 0.636. The Morgan fingerprint density at radius 3 is 2.71 bits per heavy atom. The van der Waals surface area contributed by atoms with Gasteiger partial charge in [0.2, 0.25) is 0 Å². The zero-order valence-corrected chi connectivity index (χ0v) is 17.9. The molecule has 0 N–H and O–H groups in total. The van der Waals surface area contributed by atoms with Crippen molar-refractivity contribution in [3.63, 3.8) is 0 Å². The Labute approximate surface area is 183 Å². The third-order valence-corrected chi connectivity index (χ3v) is 6.43. The number of hydrogen-bond donors (Lipinski definition) is 0. The van der Waals surface area contributed by atoms with Gasteiger partial charge >= 0.3 is 0 Å². The molecule has 5 rings (SSSR count). The Morgan fingerprint density at radius 2 is 1.90 bits per heavy atom. The predicted molar refractivity (Wildman–Crippen MR) is 120 cm³/mol. The first kappa shape index (κ1) is 19.8. The van der Waals surface area contributed by atoms with Crippen LogP contribution < -0.4 is 4.90 Å². The summed E-state index contributed by atoms with van der Waals surface area (Å²) in [5.74, 6) is 0.830. The molecule has 0 radical (unpaired) electrons. The average Bonchev–Trinajstić information content (AvgIpc) is 3.39. The molecule has 1 amide bonds. The number of benzene rings is 1. The molecule has 1 aromatic carbocycles. The molecule has 1 saturated heterocycles. The van der Waals surface area contributed by atoms with E-state index in [1.165, 1.54) is 16.8 Å². The topological polar surface area (TPSA) is 52.8 Å². The van der Waals surface area contributed by atoms with Crippen LogP contribution in [0.4, 0.5) is 5.69 Å². The molecule has 0 spiro atoms. The zero-order valence-electron chi connectivity index (χ0n) is 17.9. The van der Waals surface area contributed by atoms with Gasteiger partial charge in [-0.2, -0.15) is 0 Å². The van der Waals surface area contributed by atoms with Crippen LogP contribution in [0.15, 0.2) is 65.5 Å². The number of furan rings is 1. The van der Waals surface area contributed by atoms with Crippen molar-refractivity contribution in [3.05, 3.63) is 83.6 Å². The lowest BCUT2D eigenvalue weighted by atomic mass is 10.1. The van der Waals surface area contributed by atoms with E-state index in [0.717, 1.165) is 44.9 Å². The van der Waals surface area contributed by atoms with Gasteiger partial charge in [-0.25, -0.2) is 0 Å². The number of hydrogen-bond acceptors (Lipinski definition) is 5. The molecule has 0 saturated carbocycles. The van der Waals surface area contributed by atoms with E-state index < -0.39 is 0 Å². The van der Waals surface area contributed by atoms with Crippen LogP contribution in [0.2, 0.25) is 0 Å². The number of anilines is 1. The van der Waals surface area contributed by atoms with E-state index in [-0.39, 0.29) is 5.91 Å². The second-order valence-corrected chi connectivity index (χ2v) is 8.50. The van der Waals surface area contributed by atoms with Gasteiger partial charge < -0.3 is 14.2 Å². The fourth-order valence-electron chi connectivity index (χ4n) is 4.71. The molecule has 2 aromatic heterocycles. The fraction of sp³-hybridized carbons (Fsp3) is 0.360. The van der Waals surface area contributed by atoms with Crippen LogP contribution in [0.5, 0.6) is 0 Å². The predicted octanol–water partition coefficient (Wildman–Crippen LogP) is 3.58.